The van der Waals surface area contributed by atoms with E-state index in [1.165, 1.54) is 0 Å². The van der Waals surface area contributed by atoms with Crippen molar-refractivity contribution in [3.63, 3.8) is 0 Å². The van der Waals surface area contributed by atoms with Crippen LogP contribution in [0.1, 0.15) is 34.7 Å². The molecule has 5 aromatic rings. The van der Waals surface area contributed by atoms with Crippen LogP contribution >= 0.6 is 0 Å². The Hall–Kier alpha value is -3.90. The van der Waals surface area contributed by atoms with Crippen molar-refractivity contribution < 1.29 is 13.1 Å². The van der Waals surface area contributed by atoms with Gasteiger partial charge in [-0.2, -0.15) is 0 Å². The van der Waals surface area contributed by atoms with Gasteiger partial charge < -0.3 is 4.42 Å². The van der Waals surface area contributed by atoms with Crippen molar-refractivity contribution >= 4 is 27.6 Å². The molecule has 0 aliphatic rings. The minimum atomic E-state index is -1.62. The van der Waals surface area contributed by atoms with Gasteiger partial charge in [-0.25, -0.2) is 9.41 Å². The Kier molecular flexibility index (Phi) is 4.61. The van der Waals surface area contributed by atoms with Crippen molar-refractivity contribution in [1.29, 1.82) is 0 Å². The molecule has 3 heteroatoms. The van der Waals surface area contributed by atoms with Crippen LogP contribution in [0.2, 0.25) is 0 Å². The van der Waals surface area contributed by atoms with E-state index in [-0.39, 0.29) is 12.0 Å². The summed E-state index contributed by atoms with van der Waals surface area (Å²) in [5.41, 5.74) is 7.74. The smallest absolute Gasteiger partial charge is 0.216 e. The first kappa shape index (κ1) is 18.5. The maximum atomic E-state index is 8.69. The fraction of sp³-hybridized carbons (Fsp3) is 0.226. The Morgan fingerprint density at radius 3 is 2.32 bits per heavy atom. The second kappa shape index (κ2) is 8.47. The molecule has 2 heterocycles. The van der Waals surface area contributed by atoms with Crippen LogP contribution in [0.5, 0.6) is 0 Å². The number of furan rings is 1. The molecule has 0 saturated heterocycles. The molecule has 3 aromatic carbocycles. The summed E-state index contributed by atoms with van der Waals surface area (Å²) in [4.78, 5) is 3.79. The number of aryl methyl sites for hydroxylation is 3. The van der Waals surface area contributed by atoms with Gasteiger partial charge in [0.1, 0.15) is 18.2 Å². The minimum absolute atomic E-state index is 0.162. The van der Waals surface area contributed by atoms with Gasteiger partial charge in [-0.3, -0.25) is 0 Å². The highest BCUT2D eigenvalue weighted by atomic mass is 16.3. The zero-order chi connectivity index (χ0) is 26.6. The highest BCUT2D eigenvalue weighted by Gasteiger charge is 2.23. The zero-order valence-corrected chi connectivity index (χ0v) is 20.2. The maximum absolute atomic E-state index is 8.69. The molecular formula is C31H29N2O+. The zero-order valence-electron chi connectivity index (χ0n) is 23.2. The van der Waals surface area contributed by atoms with Gasteiger partial charge >= 0.3 is 0 Å². The van der Waals surface area contributed by atoms with Gasteiger partial charge in [-0.05, 0) is 43.3 Å². The molecule has 0 aliphatic carbocycles. The SMILES string of the molecule is [2H]c1cc(-c2c(C)ccc3c2oc2c(-c4ccc(C)cc4)c([N+]#[C-])ccc23)[n+](C)cc1C([2H])([2H])C(C)C. The van der Waals surface area contributed by atoms with Crippen LogP contribution in [-0.4, -0.2) is 0 Å². The van der Waals surface area contributed by atoms with E-state index in [0.29, 0.717) is 22.4 Å². The number of pyridine rings is 1. The molecule has 34 heavy (non-hydrogen) atoms. The third-order valence-electron chi connectivity index (χ3n) is 6.22. The Morgan fingerprint density at radius 1 is 0.971 bits per heavy atom. The van der Waals surface area contributed by atoms with Crippen LogP contribution in [0, 0.1) is 26.3 Å². The summed E-state index contributed by atoms with van der Waals surface area (Å²) in [7, 11) is 1.88. The predicted octanol–water partition coefficient (Wildman–Crippen LogP) is 8.11. The summed E-state index contributed by atoms with van der Waals surface area (Å²) < 4.78 is 34.2. The van der Waals surface area contributed by atoms with Gasteiger partial charge in [0, 0.05) is 30.7 Å². The summed E-state index contributed by atoms with van der Waals surface area (Å²) in [5.74, 6) is -0.264. The highest BCUT2D eigenvalue weighted by Crippen LogP contribution is 2.44. The van der Waals surface area contributed by atoms with Crippen molar-refractivity contribution in [2.45, 2.75) is 34.1 Å². The molecule has 168 valence electrons. The number of fused-ring (bicyclic) bond motifs is 3. The van der Waals surface area contributed by atoms with E-state index >= 15 is 0 Å². The average molecular weight is 449 g/mol. The molecule has 0 radical (unpaired) electrons. The van der Waals surface area contributed by atoms with Crippen LogP contribution in [0.3, 0.4) is 0 Å². The summed E-state index contributed by atoms with van der Waals surface area (Å²) in [6, 6.07) is 17.9. The lowest BCUT2D eigenvalue weighted by Gasteiger charge is -2.08. The number of rotatable bonds is 4. The summed E-state index contributed by atoms with van der Waals surface area (Å²) in [6.45, 7) is 15.5. The Morgan fingerprint density at radius 2 is 1.65 bits per heavy atom. The van der Waals surface area contributed by atoms with Crippen molar-refractivity contribution in [3.05, 3.63) is 94.9 Å². The van der Waals surface area contributed by atoms with E-state index in [4.69, 9.17) is 15.1 Å². The Balaban J connectivity index is 1.82. The first-order chi connectivity index (χ1) is 17.5. The number of hydrogen-bond acceptors (Lipinski definition) is 1. The molecule has 0 amide bonds. The van der Waals surface area contributed by atoms with Gasteiger partial charge in [0.25, 0.3) is 0 Å². The average Bonchev–Trinajstić information content (AvgIpc) is 3.23. The van der Waals surface area contributed by atoms with Gasteiger partial charge in [0.15, 0.2) is 11.9 Å². The topological polar surface area (TPSA) is 21.4 Å². The van der Waals surface area contributed by atoms with Gasteiger partial charge in [0.2, 0.25) is 5.69 Å². The Labute approximate surface area is 205 Å². The van der Waals surface area contributed by atoms with Crippen molar-refractivity contribution in [3.8, 4) is 22.4 Å². The lowest BCUT2D eigenvalue weighted by molar-refractivity contribution is -0.660. The molecule has 0 aliphatic heterocycles. The van der Waals surface area contributed by atoms with E-state index in [1.54, 1.807) is 12.3 Å². The van der Waals surface area contributed by atoms with E-state index in [9.17, 15) is 0 Å². The number of nitrogens with zero attached hydrogens (tertiary/aromatic N) is 2. The molecular weight excluding hydrogens is 416 g/mol. The van der Waals surface area contributed by atoms with Gasteiger partial charge in [-0.1, -0.05) is 67.9 Å². The molecule has 0 atom stereocenters. The molecule has 0 saturated carbocycles. The lowest BCUT2D eigenvalue weighted by Crippen LogP contribution is -2.31. The maximum Gasteiger partial charge on any atom is 0.216 e. The number of benzene rings is 3. The van der Waals surface area contributed by atoms with Crippen molar-refractivity contribution in [1.82, 2.24) is 0 Å². The fourth-order valence-electron chi connectivity index (χ4n) is 4.59. The van der Waals surface area contributed by atoms with Crippen molar-refractivity contribution in [2.24, 2.45) is 13.0 Å². The molecule has 5 rings (SSSR count). The van der Waals surface area contributed by atoms with Crippen LogP contribution in [0.25, 0.3) is 49.2 Å². The van der Waals surface area contributed by atoms with E-state index in [0.717, 1.165) is 44.3 Å². The first-order valence-electron chi connectivity index (χ1n) is 13.0. The summed E-state index contributed by atoms with van der Waals surface area (Å²) in [5, 5.41) is 1.87. The molecule has 0 N–H and O–H groups in total. The van der Waals surface area contributed by atoms with E-state index in [2.05, 4.69) is 4.85 Å². The predicted molar refractivity (Wildman–Crippen MR) is 140 cm³/mol. The van der Waals surface area contributed by atoms with Gasteiger partial charge in [-0.15, -0.1) is 0 Å². The largest absolute Gasteiger partial charge is 0.456 e. The monoisotopic (exact) mass is 448 g/mol. The van der Waals surface area contributed by atoms with E-state index in [1.807, 2.05) is 87.8 Å². The van der Waals surface area contributed by atoms with Crippen LogP contribution in [0.4, 0.5) is 5.69 Å². The fourth-order valence-corrected chi connectivity index (χ4v) is 4.59. The highest BCUT2D eigenvalue weighted by molar-refractivity contribution is 6.15. The quantitative estimate of drug-likeness (QED) is 0.201. The molecule has 0 spiro atoms. The van der Waals surface area contributed by atoms with Crippen LogP contribution in [0.15, 0.2) is 71.3 Å². The lowest BCUT2D eigenvalue weighted by atomic mass is 9.97. The third-order valence-corrected chi connectivity index (χ3v) is 6.22. The normalized spacial score (nSPS) is 13.1. The Bertz CT molecular complexity index is 1720. The number of hydrogen-bond donors (Lipinski definition) is 0. The van der Waals surface area contributed by atoms with Crippen LogP contribution in [-0.2, 0) is 13.4 Å². The van der Waals surface area contributed by atoms with E-state index < -0.39 is 6.37 Å². The van der Waals surface area contributed by atoms with Crippen LogP contribution < -0.4 is 4.57 Å². The van der Waals surface area contributed by atoms with Crippen molar-refractivity contribution in [2.75, 3.05) is 0 Å². The molecule has 0 bridgehead atoms. The third kappa shape index (κ3) is 3.66. The minimum Gasteiger partial charge on any atom is -0.456 e. The first-order valence-corrected chi connectivity index (χ1v) is 11.5. The number of aromatic nitrogens is 1. The summed E-state index contributed by atoms with van der Waals surface area (Å²) in [6.07, 6.45) is 0.111. The molecule has 0 fully saturated rings. The molecule has 2 aromatic heterocycles. The standard InChI is InChI=1S/C31H29N2O/c1-19(2)17-22-10-16-27(33(6)18-22)28-21(4)9-13-24-25-14-15-26(32-5)29(31(25)34-30(24)28)23-11-7-20(3)8-12-23/h7-16,18-19H,17H2,1-4,6H3/q+1/i10D,17D2. The molecule has 3 nitrogen and oxygen atoms in total. The van der Waals surface area contributed by atoms with Gasteiger partial charge in [0.05, 0.1) is 13.5 Å². The molecule has 0 unspecified atom stereocenters. The second-order valence-corrected chi connectivity index (χ2v) is 9.18. The second-order valence-electron chi connectivity index (χ2n) is 9.18. The summed E-state index contributed by atoms with van der Waals surface area (Å²) >= 11 is 0.